The van der Waals surface area contributed by atoms with Gasteiger partial charge >= 0.3 is 6.03 Å². The third kappa shape index (κ3) is 4.85. The molecule has 5 nitrogen and oxygen atoms in total. The van der Waals surface area contributed by atoms with Crippen molar-refractivity contribution in [2.24, 2.45) is 10.8 Å². The molecule has 0 heterocycles. The summed E-state index contributed by atoms with van der Waals surface area (Å²) in [6.45, 7) is 9.44. The van der Waals surface area contributed by atoms with Gasteiger partial charge in [-0.25, -0.2) is 4.79 Å². The first-order chi connectivity index (χ1) is 9.60. The number of aliphatic hydroxyl groups is 1. The molecule has 3 atom stereocenters. The molecule has 0 bridgehead atoms. The molecule has 124 valence electrons. The van der Waals surface area contributed by atoms with Crippen molar-refractivity contribution in [1.29, 1.82) is 0 Å². The van der Waals surface area contributed by atoms with Crippen LogP contribution in [0.5, 0.6) is 0 Å². The summed E-state index contributed by atoms with van der Waals surface area (Å²) in [5.41, 5.74) is -0.184. The number of amides is 2. The second-order valence-corrected chi connectivity index (χ2v) is 7.82. The van der Waals surface area contributed by atoms with E-state index < -0.39 is 0 Å². The maximum Gasteiger partial charge on any atom is 0.315 e. The van der Waals surface area contributed by atoms with E-state index in [4.69, 9.17) is 0 Å². The van der Waals surface area contributed by atoms with Crippen molar-refractivity contribution in [1.82, 2.24) is 15.5 Å². The highest BCUT2D eigenvalue weighted by Gasteiger charge is 2.39. The molecular formula is C16H33N3O2. The third-order valence-electron chi connectivity index (χ3n) is 4.99. The Morgan fingerprint density at radius 3 is 2.62 bits per heavy atom. The van der Waals surface area contributed by atoms with Gasteiger partial charge in [0.15, 0.2) is 0 Å². The van der Waals surface area contributed by atoms with Crippen LogP contribution in [0.4, 0.5) is 4.79 Å². The standard InChI is InChI=1S/C16H33N3O2/c1-12(15(2,3)10-19(5)6)17-14(21)18-13-8-7-9-16(13,4)11-20/h12-13,20H,7-11H2,1-6H3,(H2,17,18,21). The van der Waals surface area contributed by atoms with Crippen LogP contribution < -0.4 is 10.6 Å². The molecule has 1 rings (SSSR count). The van der Waals surface area contributed by atoms with E-state index in [-0.39, 0.29) is 35.6 Å². The fraction of sp³-hybridized carbons (Fsp3) is 0.938. The van der Waals surface area contributed by atoms with Gasteiger partial charge in [0.05, 0.1) is 6.61 Å². The molecule has 5 heteroatoms. The highest BCUT2D eigenvalue weighted by molar-refractivity contribution is 5.74. The highest BCUT2D eigenvalue weighted by atomic mass is 16.3. The number of rotatable bonds is 6. The van der Waals surface area contributed by atoms with Gasteiger partial charge in [-0.05, 0) is 39.3 Å². The lowest BCUT2D eigenvalue weighted by Crippen LogP contribution is -2.54. The second-order valence-electron chi connectivity index (χ2n) is 7.82. The van der Waals surface area contributed by atoms with Gasteiger partial charge < -0.3 is 20.6 Å². The Hall–Kier alpha value is -0.810. The molecule has 1 aliphatic carbocycles. The van der Waals surface area contributed by atoms with Crippen LogP contribution in [0.15, 0.2) is 0 Å². The predicted octanol–water partition coefficient (Wildman–Crippen LogP) is 1.81. The van der Waals surface area contributed by atoms with Gasteiger partial charge in [0.1, 0.15) is 0 Å². The zero-order chi connectivity index (χ0) is 16.3. The van der Waals surface area contributed by atoms with Crippen molar-refractivity contribution in [3.05, 3.63) is 0 Å². The Balaban J connectivity index is 2.53. The van der Waals surface area contributed by atoms with Crippen LogP contribution in [-0.4, -0.2) is 55.4 Å². The second kappa shape index (κ2) is 6.97. The van der Waals surface area contributed by atoms with Gasteiger partial charge in [-0.15, -0.1) is 0 Å². The van der Waals surface area contributed by atoms with Crippen LogP contribution >= 0.6 is 0 Å². The van der Waals surface area contributed by atoms with E-state index in [1.54, 1.807) is 0 Å². The van der Waals surface area contributed by atoms with Crippen LogP contribution in [0.1, 0.15) is 47.0 Å². The fourth-order valence-electron chi connectivity index (χ4n) is 3.21. The van der Waals surface area contributed by atoms with Gasteiger partial charge in [0.25, 0.3) is 0 Å². The number of carbonyl (C=O) groups is 1. The van der Waals surface area contributed by atoms with E-state index in [1.165, 1.54) is 0 Å². The summed E-state index contributed by atoms with van der Waals surface area (Å²) in [5.74, 6) is 0. The summed E-state index contributed by atoms with van der Waals surface area (Å²) in [7, 11) is 4.08. The van der Waals surface area contributed by atoms with Crippen molar-refractivity contribution in [2.45, 2.75) is 59.0 Å². The van der Waals surface area contributed by atoms with Crippen LogP contribution in [-0.2, 0) is 0 Å². The Labute approximate surface area is 129 Å². The largest absolute Gasteiger partial charge is 0.396 e. The fourth-order valence-corrected chi connectivity index (χ4v) is 3.21. The Morgan fingerprint density at radius 2 is 2.10 bits per heavy atom. The first-order valence-electron chi connectivity index (χ1n) is 7.93. The lowest BCUT2D eigenvalue weighted by Gasteiger charge is -2.36. The summed E-state index contributed by atoms with van der Waals surface area (Å²) in [4.78, 5) is 14.4. The smallest absolute Gasteiger partial charge is 0.315 e. The first kappa shape index (κ1) is 18.2. The Bertz CT molecular complexity index is 357. The molecule has 0 saturated heterocycles. The van der Waals surface area contributed by atoms with Crippen molar-refractivity contribution < 1.29 is 9.90 Å². The molecule has 1 aliphatic rings. The average Bonchev–Trinajstić information content (AvgIpc) is 2.70. The lowest BCUT2D eigenvalue weighted by atomic mass is 9.84. The van der Waals surface area contributed by atoms with Crippen LogP contribution in [0, 0.1) is 10.8 Å². The lowest BCUT2D eigenvalue weighted by molar-refractivity contribution is 0.119. The van der Waals surface area contributed by atoms with E-state index in [1.807, 2.05) is 27.9 Å². The van der Waals surface area contributed by atoms with Crippen molar-refractivity contribution >= 4 is 6.03 Å². The predicted molar refractivity (Wildman–Crippen MR) is 86.3 cm³/mol. The molecule has 1 saturated carbocycles. The summed E-state index contributed by atoms with van der Waals surface area (Å²) in [6, 6.07) is 0.00857. The molecular weight excluding hydrogens is 266 g/mol. The molecule has 3 unspecified atom stereocenters. The molecule has 0 aromatic heterocycles. The number of aliphatic hydroxyl groups excluding tert-OH is 1. The van der Waals surface area contributed by atoms with Crippen LogP contribution in [0.3, 0.4) is 0 Å². The topological polar surface area (TPSA) is 64.6 Å². The minimum atomic E-state index is -0.181. The van der Waals surface area contributed by atoms with E-state index in [0.29, 0.717) is 0 Å². The molecule has 0 radical (unpaired) electrons. The molecule has 2 amide bonds. The molecule has 21 heavy (non-hydrogen) atoms. The van der Waals surface area contributed by atoms with Crippen molar-refractivity contribution in [3.63, 3.8) is 0 Å². The minimum Gasteiger partial charge on any atom is -0.396 e. The van der Waals surface area contributed by atoms with Crippen molar-refractivity contribution in [2.75, 3.05) is 27.2 Å². The molecule has 3 N–H and O–H groups in total. The van der Waals surface area contributed by atoms with Gasteiger partial charge in [0, 0.05) is 24.0 Å². The van der Waals surface area contributed by atoms with Gasteiger partial charge in [-0.3, -0.25) is 0 Å². The molecule has 0 aromatic rings. The van der Waals surface area contributed by atoms with E-state index in [0.717, 1.165) is 25.8 Å². The number of carbonyl (C=O) groups excluding carboxylic acids is 1. The minimum absolute atomic E-state index is 0.00318. The number of hydrogen-bond donors (Lipinski definition) is 3. The molecule has 0 spiro atoms. The Morgan fingerprint density at radius 1 is 1.48 bits per heavy atom. The number of hydrogen-bond acceptors (Lipinski definition) is 3. The zero-order valence-corrected chi connectivity index (χ0v) is 14.5. The maximum absolute atomic E-state index is 12.2. The maximum atomic E-state index is 12.2. The third-order valence-corrected chi connectivity index (χ3v) is 4.99. The summed E-state index contributed by atoms with van der Waals surface area (Å²) < 4.78 is 0. The SMILES string of the molecule is CC(NC(=O)NC1CCCC1(C)CO)C(C)(C)CN(C)C. The van der Waals surface area contributed by atoms with Crippen LogP contribution in [0.25, 0.3) is 0 Å². The number of nitrogens with one attached hydrogen (secondary N) is 2. The van der Waals surface area contributed by atoms with Gasteiger partial charge in [0.2, 0.25) is 0 Å². The molecule has 0 aromatic carbocycles. The Kier molecular flexibility index (Phi) is 6.05. The van der Waals surface area contributed by atoms with E-state index in [9.17, 15) is 9.90 Å². The molecule has 1 fully saturated rings. The zero-order valence-electron chi connectivity index (χ0n) is 14.5. The summed E-state index contributed by atoms with van der Waals surface area (Å²) in [5, 5.41) is 15.7. The van der Waals surface area contributed by atoms with E-state index in [2.05, 4.69) is 29.4 Å². The van der Waals surface area contributed by atoms with Gasteiger partial charge in [-0.2, -0.15) is 0 Å². The highest BCUT2D eigenvalue weighted by Crippen LogP contribution is 2.37. The summed E-state index contributed by atoms with van der Waals surface area (Å²) in [6.07, 6.45) is 2.97. The van der Waals surface area contributed by atoms with Crippen LogP contribution in [0.2, 0.25) is 0 Å². The van der Waals surface area contributed by atoms with Crippen molar-refractivity contribution in [3.8, 4) is 0 Å². The normalized spacial score (nSPS) is 27.7. The average molecular weight is 299 g/mol. The molecule has 0 aliphatic heterocycles. The quantitative estimate of drug-likeness (QED) is 0.701. The first-order valence-corrected chi connectivity index (χ1v) is 7.93. The van der Waals surface area contributed by atoms with Gasteiger partial charge in [-0.1, -0.05) is 27.2 Å². The van der Waals surface area contributed by atoms with E-state index >= 15 is 0 Å². The number of urea groups is 1. The summed E-state index contributed by atoms with van der Waals surface area (Å²) >= 11 is 0. The number of nitrogens with zero attached hydrogens (tertiary/aromatic N) is 1. The monoisotopic (exact) mass is 299 g/mol.